The number of nitrogens with zero attached hydrogens (tertiary/aromatic N) is 2. The van der Waals surface area contributed by atoms with Crippen molar-refractivity contribution in [3.8, 4) is 0 Å². The van der Waals surface area contributed by atoms with Crippen LogP contribution in [0, 0.1) is 0 Å². The Kier molecular flexibility index (Phi) is 6.11. The second-order valence-electron chi connectivity index (χ2n) is 4.28. The van der Waals surface area contributed by atoms with Crippen LogP contribution >= 0.6 is 0 Å². The molecule has 1 aliphatic heterocycles. The van der Waals surface area contributed by atoms with Crippen LogP contribution in [0.5, 0.6) is 0 Å². The Balaban J connectivity index is 2.27. The maximum atomic E-state index is 5.40. The molecule has 4 heteroatoms. The van der Waals surface area contributed by atoms with Crippen molar-refractivity contribution in [1.82, 2.24) is 10.4 Å². The maximum absolute atomic E-state index is 5.40. The molecule has 1 N–H and O–H groups in total. The molecular formula is C12H23N3O. The van der Waals surface area contributed by atoms with Crippen molar-refractivity contribution in [3.63, 3.8) is 0 Å². The number of rotatable bonds is 6. The maximum Gasteiger partial charge on any atom is 0.0909 e. The minimum Gasteiger partial charge on any atom is -0.283 e. The fourth-order valence-corrected chi connectivity index (χ4v) is 1.54. The summed E-state index contributed by atoms with van der Waals surface area (Å²) in [6.07, 6.45) is 5.49. The summed E-state index contributed by atoms with van der Waals surface area (Å²) in [4.78, 5) is 11.8. The summed E-state index contributed by atoms with van der Waals surface area (Å²) >= 11 is 0. The van der Waals surface area contributed by atoms with Gasteiger partial charge in [0.2, 0.25) is 0 Å². The van der Waals surface area contributed by atoms with Gasteiger partial charge < -0.3 is 0 Å². The molecule has 1 heterocycles. The largest absolute Gasteiger partial charge is 0.283 e. The Morgan fingerprint density at radius 2 is 2.38 bits per heavy atom. The van der Waals surface area contributed by atoms with Crippen molar-refractivity contribution in [3.05, 3.63) is 11.3 Å². The summed E-state index contributed by atoms with van der Waals surface area (Å²) < 4.78 is 0. The number of hydrogen-bond donors (Lipinski definition) is 1. The first-order valence-corrected chi connectivity index (χ1v) is 6.00. The number of hydroxylamine groups is 1. The van der Waals surface area contributed by atoms with Crippen LogP contribution in [0.25, 0.3) is 0 Å². The third-order valence-corrected chi connectivity index (χ3v) is 2.57. The molecule has 0 amide bonds. The Labute approximate surface area is 98.3 Å². The molecule has 1 aliphatic rings. The van der Waals surface area contributed by atoms with Crippen LogP contribution in [0.15, 0.2) is 16.3 Å². The lowest BCUT2D eigenvalue weighted by Gasteiger charge is -2.21. The first-order valence-electron chi connectivity index (χ1n) is 6.00. The van der Waals surface area contributed by atoms with E-state index in [-0.39, 0.29) is 0 Å². The van der Waals surface area contributed by atoms with Gasteiger partial charge in [-0.15, -0.1) is 0 Å². The highest BCUT2D eigenvalue weighted by atomic mass is 16.6. The fourth-order valence-electron chi connectivity index (χ4n) is 1.54. The summed E-state index contributed by atoms with van der Waals surface area (Å²) in [6.45, 7) is 6.70. The Bertz CT molecular complexity index is 261. The highest BCUT2D eigenvalue weighted by Gasteiger charge is 2.08. The first kappa shape index (κ1) is 13.2. The summed E-state index contributed by atoms with van der Waals surface area (Å²) in [5.41, 5.74) is 5.25. The number of likely N-dealkylation sites (N-methyl/N-ethyl adjacent to an activating group) is 1. The van der Waals surface area contributed by atoms with Crippen molar-refractivity contribution in [2.75, 3.05) is 26.9 Å². The van der Waals surface area contributed by atoms with Gasteiger partial charge in [-0.05, 0) is 20.4 Å². The Morgan fingerprint density at radius 3 is 3.06 bits per heavy atom. The summed E-state index contributed by atoms with van der Waals surface area (Å²) in [5, 5.41) is 0. The van der Waals surface area contributed by atoms with Gasteiger partial charge in [-0.2, -0.15) is 0 Å². The van der Waals surface area contributed by atoms with Gasteiger partial charge in [0.05, 0.1) is 13.3 Å². The van der Waals surface area contributed by atoms with E-state index >= 15 is 0 Å². The van der Waals surface area contributed by atoms with E-state index in [0.717, 1.165) is 31.9 Å². The van der Waals surface area contributed by atoms with Crippen LogP contribution in [-0.4, -0.2) is 38.0 Å². The zero-order valence-electron chi connectivity index (χ0n) is 10.6. The molecule has 0 aliphatic carbocycles. The second kappa shape index (κ2) is 7.41. The molecule has 1 rings (SSSR count). The van der Waals surface area contributed by atoms with E-state index in [0.29, 0.717) is 0 Å². The van der Waals surface area contributed by atoms with Crippen molar-refractivity contribution < 1.29 is 4.84 Å². The van der Waals surface area contributed by atoms with Gasteiger partial charge in [-0.1, -0.05) is 19.8 Å². The molecule has 0 saturated carbocycles. The highest BCUT2D eigenvalue weighted by Crippen LogP contribution is 2.05. The fraction of sp³-hybridized carbons (Fsp3) is 0.750. The van der Waals surface area contributed by atoms with Gasteiger partial charge in [-0.3, -0.25) is 20.2 Å². The lowest BCUT2D eigenvalue weighted by atomic mass is 10.2. The predicted molar refractivity (Wildman–Crippen MR) is 67.3 cm³/mol. The molecular weight excluding hydrogens is 202 g/mol. The lowest BCUT2D eigenvalue weighted by molar-refractivity contribution is 0.0593. The van der Waals surface area contributed by atoms with Crippen LogP contribution in [0.1, 0.15) is 33.1 Å². The number of nitrogens with one attached hydrogen (secondary N) is 1. The molecule has 92 valence electrons. The Hall–Kier alpha value is -0.870. The second-order valence-corrected chi connectivity index (χ2v) is 4.28. The van der Waals surface area contributed by atoms with E-state index in [1.165, 1.54) is 18.4 Å². The highest BCUT2D eigenvalue weighted by molar-refractivity contribution is 5.80. The molecule has 0 aromatic rings. The standard InChI is InChI=1S/C12H23N3O/c1-4-5-6-7-16-14-11(2)12-8-13-10-15(3)9-12/h8,14H,4-7,9-10H2,1-3H3/b12-11+. The van der Waals surface area contributed by atoms with Crippen LogP contribution < -0.4 is 5.48 Å². The third kappa shape index (κ3) is 4.77. The van der Waals surface area contributed by atoms with E-state index < -0.39 is 0 Å². The minimum atomic E-state index is 0.769. The molecule has 0 saturated heterocycles. The monoisotopic (exact) mass is 225 g/mol. The number of allylic oxidation sites excluding steroid dienone is 1. The van der Waals surface area contributed by atoms with E-state index in [1.54, 1.807) is 0 Å². The molecule has 0 spiro atoms. The van der Waals surface area contributed by atoms with Gasteiger partial charge in [0.25, 0.3) is 0 Å². The number of aliphatic imine (C=N–C) groups is 1. The van der Waals surface area contributed by atoms with Gasteiger partial charge in [0, 0.05) is 24.0 Å². The zero-order chi connectivity index (χ0) is 11.8. The molecule has 0 fully saturated rings. The van der Waals surface area contributed by atoms with Crippen molar-refractivity contribution in [2.24, 2.45) is 4.99 Å². The van der Waals surface area contributed by atoms with Crippen LogP contribution in [0.4, 0.5) is 0 Å². The molecule has 4 nitrogen and oxygen atoms in total. The van der Waals surface area contributed by atoms with E-state index in [2.05, 4.69) is 29.3 Å². The molecule has 0 aromatic carbocycles. The van der Waals surface area contributed by atoms with Crippen molar-refractivity contribution in [2.45, 2.75) is 33.1 Å². The van der Waals surface area contributed by atoms with Gasteiger partial charge in [-0.25, -0.2) is 0 Å². The van der Waals surface area contributed by atoms with Crippen LogP contribution in [-0.2, 0) is 4.84 Å². The summed E-state index contributed by atoms with van der Waals surface area (Å²) in [6, 6.07) is 0. The van der Waals surface area contributed by atoms with Gasteiger partial charge in [0.15, 0.2) is 0 Å². The number of unbranched alkanes of at least 4 members (excludes halogenated alkanes) is 2. The Morgan fingerprint density at radius 1 is 1.56 bits per heavy atom. The topological polar surface area (TPSA) is 36.9 Å². The zero-order valence-corrected chi connectivity index (χ0v) is 10.6. The quantitative estimate of drug-likeness (QED) is 0.554. The van der Waals surface area contributed by atoms with Crippen LogP contribution in [0.2, 0.25) is 0 Å². The van der Waals surface area contributed by atoms with E-state index in [4.69, 9.17) is 4.84 Å². The predicted octanol–water partition coefficient (Wildman–Crippen LogP) is 1.95. The average Bonchev–Trinajstić information content (AvgIpc) is 2.28. The summed E-state index contributed by atoms with van der Waals surface area (Å²) in [5.74, 6) is 0. The third-order valence-electron chi connectivity index (χ3n) is 2.57. The van der Waals surface area contributed by atoms with E-state index in [1.807, 2.05) is 13.1 Å². The van der Waals surface area contributed by atoms with Gasteiger partial charge in [0.1, 0.15) is 0 Å². The minimum absolute atomic E-state index is 0.769. The number of hydrogen-bond acceptors (Lipinski definition) is 4. The SMILES string of the molecule is CCCCCON/C(C)=C1\C=NCN(C)C1. The average molecular weight is 225 g/mol. The molecule has 0 bridgehead atoms. The molecule has 16 heavy (non-hydrogen) atoms. The lowest BCUT2D eigenvalue weighted by Crippen LogP contribution is -2.28. The van der Waals surface area contributed by atoms with Crippen molar-refractivity contribution >= 4 is 6.21 Å². The molecule has 0 radical (unpaired) electrons. The summed E-state index contributed by atoms with van der Waals surface area (Å²) in [7, 11) is 2.06. The molecule has 0 aromatic heterocycles. The molecule has 0 atom stereocenters. The van der Waals surface area contributed by atoms with Gasteiger partial charge >= 0.3 is 0 Å². The first-order chi connectivity index (χ1) is 7.74. The van der Waals surface area contributed by atoms with Crippen molar-refractivity contribution in [1.29, 1.82) is 0 Å². The van der Waals surface area contributed by atoms with Crippen LogP contribution in [0.3, 0.4) is 0 Å². The normalized spacial score (nSPS) is 19.9. The van der Waals surface area contributed by atoms with E-state index in [9.17, 15) is 0 Å². The smallest absolute Gasteiger partial charge is 0.0909 e. The molecule has 0 unspecified atom stereocenters.